The molecule has 1 aromatic carbocycles. The summed E-state index contributed by atoms with van der Waals surface area (Å²) in [6.45, 7) is 3.76. The fourth-order valence-corrected chi connectivity index (χ4v) is 2.54. The maximum Gasteiger partial charge on any atom is 0.321 e. The Morgan fingerprint density at radius 2 is 2.00 bits per heavy atom. The third kappa shape index (κ3) is 2.76. The van der Waals surface area contributed by atoms with Gasteiger partial charge in [-0.15, -0.1) is 0 Å². The fraction of sp³-hybridized carbons (Fsp3) is 0.417. The van der Waals surface area contributed by atoms with Crippen LogP contribution in [-0.2, 0) is 0 Å². The minimum atomic E-state index is 0.00926. The van der Waals surface area contributed by atoms with Gasteiger partial charge in [0.2, 0.25) is 0 Å². The Kier molecular flexibility index (Phi) is 3.49. The van der Waals surface area contributed by atoms with Crippen LogP contribution in [0.2, 0.25) is 0 Å². The quantitative estimate of drug-likeness (QED) is 0.842. The molecule has 0 spiro atoms. The smallest absolute Gasteiger partial charge is 0.321 e. The highest BCUT2D eigenvalue weighted by Gasteiger charge is 2.17. The van der Waals surface area contributed by atoms with Crippen LogP contribution in [0.25, 0.3) is 0 Å². The number of carbonyl (C=O) groups is 1. The summed E-state index contributed by atoms with van der Waals surface area (Å²) in [5.41, 5.74) is 1.98. The van der Waals surface area contributed by atoms with Crippen molar-refractivity contribution in [2.24, 2.45) is 0 Å². The molecule has 1 aromatic rings. The molecule has 0 saturated carbocycles. The zero-order valence-electron chi connectivity index (χ0n) is 9.29. The fourth-order valence-electron chi connectivity index (χ4n) is 1.93. The SMILES string of the molecule is Cc1cc(Br)cc(NC(=O)N2CCCC2)c1. The van der Waals surface area contributed by atoms with E-state index in [4.69, 9.17) is 0 Å². The zero-order chi connectivity index (χ0) is 11.5. The van der Waals surface area contributed by atoms with Crippen molar-refractivity contribution in [3.63, 3.8) is 0 Å². The van der Waals surface area contributed by atoms with Crippen molar-refractivity contribution in [3.8, 4) is 0 Å². The van der Waals surface area contributed by atoms with E-state index in [1.165, 1.54) is 0 Å². The van der Waals surface area contributed by atoms with Gasteiger partial charge >= 0.3 is 6.03 Å². The molecular formula is C12H15BrN2O. The highest BCUT2D eigenvalue weighted by atomic mass is 79.9. The Balaban J connectivity index is 2.05. The summed E-state index contributed by atoms with van der Waals surface area (Å²) >= 11 is 3.42. The van der Waals surface area contributed by atoms with Crippen LogP contribution in [0.15, 0.2) is 22.7 Å². The first kappa shape index (κ1) is 11.5. The van der Waals surface area contributed by atoms with Gasteiger partial charge < -0.3 is 10.2 Å². The minimum absolute atomic E-state index is 0.00926. The Bertz CT molecular complexity index is 380. The van der Waals surface area contributed by atoms with Gasteiger partial charge in [0.05, 0.1) is 0 Å². The molecule has 1 aliphatic rings. The van der Waals surface area contributed by atoms with Crippen LogP contribution in [0, 0.1) is 6.92 Å². The van der Waals surface area contributed by atoms with Crippen molar-refractivity contribution in [3.05, 3.63) is 28.2 Å². The number of carbonyl (C=O) groups excluding carboxylic acids is 1. The number of urea groups is 1. The molecule has 3 nitrogen and oxygen atoms in total. The van der Waals surface area contributed by atoms with Crippen LogP contribution >= 0.6 is 15.9 Å². The van der Waals surface area contributed by atoms with E-state index in [1.807, 2.05) is 30.0 Å². The molecule has 0 radical (unpaired) electrons. The lowest BCUT2D eigenvalue weighted by Crippen LogP contribution is -2.32. The van der Waals surface area contributed by atoms with Crippen molar-refractivity contribution in [2.45, 2.75) is 19.8 Å². The van der Waals surface area contributed by atoms with E-state index in [1.54, 1.807) is 0 Å². The second-order valence-corrected chi connectivity index (χ2v) is 5.06. The molecule has 2 amide bonds. The Hall–Kier alpha value is -1.03. The van der Waals surface area contributed by atoms with Crippen molar-refractivity contribution in [2.75, 3.05) is 18.4 Å². The molecule has 1 saturated heterocycles. The van der Waals surface area contributed by atoms with Gasteiger partial charge in [-0.2, -0.15) is 0 Å². The minimum Gasteiger partial charge on any atom is -0.325 e. The van der Waals surface area contributed by atoms with E-state index < -0.39 is 0 Å². The lowest BCUT2D eigenvalue weighted by molar-refractivity contribution is 0.222. The van der Waals surface area contributed by atoms with Crippen LogP contribution < -0.4 is 5.32 Å². The molecular weight excluding hydrogens is 268 g/mol. The first-order valence-electron chi connectivity index (χ1n) is 5.48. The third-order valence-corrected chi connectivity index (χ3v) is 3.14. The second-order valence-electron chi connectivity index (χ2n) is 4.14. The van der Waals surface area contributed by atoms with E-state index >= 15 is 0 Å². The van der Waals surface area contributed by atoms with Gasteiger partial charge in [-0.25, -0.2) is 4.79 Å². The summed E-state index contributed by atoms with van der Waals surface area (Å²) in [5.74, 6) is 0. The first-order valence-corrected chi connectivity index (χ1v) is 6.27. The van der Waals surface area contributed by atoms with Gasteiger partial charge in [-0.3, -0.25) is 0 Å². The number of nitrogens with one attached hydrogen (secondary N) is 1. The van der Waals surface area contributed by atoms with Gasteiger partial charge in [-0.1, -0.05) is 15.9 Å². The van der Waals surface area contributed by atoms with Crippen molar-refractivity contribution >= 4 is 27.6 Å². The molecule has 2 rings (SSSR count). The van der Waals surface area contributed by atoms with Gasteiger partial charge in [-0.05, 0) is 43.5 Å². The van der Waals surface area contributed by atoms with Crippen LogP contribution in [0.4, 0.5) is 10.5 Å². The monoisotopic (exact) mass is 282 g/mol. The molecule has 1 N–H and O–H groups in total. The maximum absolute atomic E-state index is 11.8. The number of anilines is 1. The molecule has 1 fully saturated rings. The molecule has 0 aromatic heterocycles. The predicted molar refractivity (Wildman–Crippen MR) is 68.7 cm³/mol. The summed E-state index contributed by atoms with van der Waals surface area (Å²) in [5, 5.41) is 2.92. The Morgan fingerprint density at radius 1 is 1.31 bits per heavy atom. The number of amides is 2. The van der Waals surface area contributed by atoms with Crippen LogP contribution in [-0.4, -0.2) is 24.0 Å². The van der Waals surface area contributed by atoms with Crippen molar-refractivity contribution in [1.29, 1.82) is 0 Å². The third-order valence-electron chi connectivity index (χ3n) is 2.69. The van der Waals surface area contributed by atoms with Gasteiger partial charge in [0.1, 0.15) is 0 Å². The van der Waals surface area contributed by atoms with E-state index in [0.717, 1.165) is 41.7 Å². The van der Waals surface area contributed by atoms with Gasteiger partial charge in [0, 0.05) is 23.2 Å². The molecule has 4 heteroatoms. The van der Waals surface area contributed by atoms with Gasteiger partial charge in [0.25, 0.3) is 0 Å². The summed E-state index contributed by atoms with van der Waals surface area (Å²) in [6.07, 6.45) is 2.23. The molecule has 16 heavy (non-hydrogen) atoms. The predicted octanol–water partition coefficient (Wildman–Crippen LogP) is 3.39. The normalized spacial score (nSPS) is 15.2. The second kappa shape index (κ2) is 4.87. The first-order chi connectivity index (χ1) is 7.65. The number of benzene rings is 1. The average Bonchev–Trinajstić information content (AvgIpc) is 2.68. The topological polar surface area (TPSA) is 32.3 Å². The van der Waals surface area contributed by atoms with E-state index in [0.29, 0.717) is 0 Å². The highest BCUT2D eigenvalue weighted by Crippen LogP contribution is 2.20. The largest absolute Gasteiger partial charge is 0.325 e. The van der Waals surface area contributed by atoms with Crippen molar-refractivity contribution < 1.29 is 4.79 Å². The molecule has 0 atom stereocenters. The number of nitrogens with zero attached hydrogens (tertiary/aromatic N) is 1. The summed E-state index contributed by atoms with van der Waals surface area (Å²) in [4.78, 5) is 13.7. The van der Waals surface area contributed by atoms with Crippen LogP contribution in [0.5, 0.6) is 0 Å². The van der Waals surface area contributed by atoms with Crippen molar-refractivity contribution in [1.82, 2.24) is 4.90 Å². The van der Waals surface area contributed by atoms with E-state index in [2.05, 4.69) is 21.2 Å². The molecule has 0 aliphatic carbocycles. The molecule has 1 heterocycles. The number of aryl methyl sites for hydroxylation is 1. The Morgan fingerprint density at radius 3 is 2.62 bits per heavy atom. The molecule has 0 bridgehead atoms. The summed E-state index contributed by atoms with van der Waals surface area (Å²) < 4.78 is 0.990. The molecule has 86 valence electrons. The lowest BCUT2D eigenvalue weighted by atomic mass is 10.2. The van der Waals surface area contributed by atoms with E-state index in [-0.39, 0.29) is 6.03 Å². The number of hydrogen-bond donors (Lipinski definition) is 1. The molecule has 0 unspecified atom stereocenters. The highest BCUT2D eigenvalue weighted by molar-refractivity contribution is 9.10. The van der Waals surface area contributed by atoms with Crippen LogP contribution in [0.1, 0.15) is 18.4 Å². The van der Waals surface area contributed by atoms with E-state index in [9.17, 15) is 4.79 Å². The number of likely N-dealkylation sites (tertiary alicyclic amines) is 1. The number of halogens is 1. The van der Waals surface area contributed by atoms with Crippen LogP contribution in [0.3, 0.4) is 0 Å². The number of rotatable bonds is 1. The maximum atomic E-state index is 11.8. The van der Waals surface area contributed by atoms with Gasteiger partial charge in [0.15, 0.2) is 0 Å². The lowest BCUT2D eigenvalue weighted by Gasteiger charge is -2.16. The molecule has 1 aliphatic heterocycles. The average molecular weight is 283 g/mol. The Labute approximate surface area is 104 Å². The number of hydrogen-bond acceptors (Lipinski definition) is 1. The zero-order valence-corrected chi connectivity index (χ0v) is 10.9. The summed E-state index contributed by atoms with van der Waals surface area (Å²) in [6, 6.07) is 5.92. The standard InChI is InChI=1S/C12H15BrN2O/c1-9-6-10(13)8-11(7-9)14-12(16)15-4-2-3-5-15/h6-8H,2-5H2,1H3,(H,14,16). The summed E-state index contributed by atoms with van der Waals surface area (Å²) in [7, 11) is 0.